The number of rotatable bonds is 6. The lowest BCUT2D eigenvalue weighted by atomic mass is 9.82. The van der Waals surface area contributed by atoms with Crippen molar-refractivity contribution in [2.45, 2.75) is 43.7 Å². The maximum atomic E-state index is 4.44. The van der Waals surface area contributed by atoms with E-state index in [0.29, 0.717) is 12.0 Å². The number of aryl methyl sites for hydroxylation is 1. The van der Waals surface area contributed by atoms with Gasteiger partial charge in [0.15, 0.2) is 5.96 Å². The highest BCUT2D eigenvalue weighted by Gasteiger charge is 2.23. The van der Waals surface area contributed by atoms with Gasteiger partial charge in [-0.05, 0) is 51.3 Å². The maximum absolute atomic E-state index is 4.44. The summed E-state index contributed by atoms with van der Waals surface area (Å²) in [5, 5.41) is 11.4. The minimum atomic E-state index is 0. The van der Waals surface area contributed by atoms with Crippen LogP contribution in [-0.4, -0.2) is 54.4 Å². The van der Waals surface area contributed by atoms with Crippen LogP contribution in [0.4, 0.5) is 0 Å². The molecule has 2 N–H and O–H groups in total. The van der Waals surface area contributed by atoms with E-state index in [1.165, 1.54) is 36.8 Å². The Hall–Kier alpha value is -1.61. The minimum Gasteiger partial charge on any atom is -0.354 e. The molecule has 1 heterocycles. The van der Waals surface area contributed by atoms with Gasteiger partial charge in [0.2, 0.25) is 0 Å². The summed E-state index contributed by atoms with van der Waals surface area (Å²) in [5.74, 6) is 1.58. The molecule has 0 saturated heterocycles. The molecular formula is C22H35IN6. The summed E-state index contributed by atoms with van der Waals surface area (Å²) >= 11 is 0. The number of likely N-dealkylation sites (N-methyl/N-ethyl adjacent to an activating group) is 1. The topological polar surface area (TPSA) is 57.5 Å². The number of hydrogen-bond acceptors (Lipinski definition) is 3. The fourth-order valence-electron chi connectivity index (χ4n) is 4.09. The zero-order chi connectivity index (χ0) is 19.9. The molecule has 1 aromatic heterocycles. The van der Waals surface area contributed by atoms with Gasteiger partial charge in [0, 0.05) is 38.4 Å². The lowest BCUT2D eigenvalue weighted by Crippen LogP contribution is -2.46. The Bertz CT molecular complexity index is 750. The highest BCUT2D eigenvalue weighted by Crippen LogP contribution is 2.32. The van der Waals surface area contributed by atoms with E-state index in [4.69, 9.17) is 0 Å². The summed E-state index contributed by atoms with van der Waals surface area (Å²) in [6, 6.07) is 11.7. The molecular weight excluding hydrogens is 475 g/mol. The van der Waals surface area contributed by atoms with Gasteiger partial charge in [0.25, 0.3) is 0 Å². The summed E-state index contributed by atoms with van der Waals surface area (Å²) in [4.78, 5) is 6.66. The third-order valence-corrected chi connectivity index (χ3v) is 5.76. The van der Waals surface area contributed by atoms with Crippen molar-refractivity contribution in [1.29, 1.82) is 0 Å². The molecule has 0 bridgehead atoms. The number of guanidine groups is 1. The second kappa shape index (κ2) is 11.5. The lowest BCUT2D eigenvalue weighted by Gasteiger charge is -2.31. The molecule has 0 aliphatic heterocycles. The largest absolute Gasteiger partial charge is 0.354 e. The smallest absolute Gasteiger partial charge is 0.191 e. The first-order valence-electron chi connectivity index (χ1n) is 10.2. The molecule has 1 aliphatic carbocycles. The average Bonchev–Trinajstić information content (AvgIpc) is 3.14. The highest BCUT2D eigenvalue weighted by molar-refractivity contribution is 14.0. The first kappa shape index (κ1) is 23.7. The molecule has 29 heavy (non-hydrogen) atoms. The van der Waals surface area contributed by atoms with E-state index in [1.807, 2.05) is 25.0 Å². The number of nitrogens with zero attached hydrogens (tertiary/aromatic N) is 4. The van der Waals surface area contributed by atoms with Crippen molar-refractivity contribution in [2.75, 3.05) is 27.7 Å². The summed E-state index contributed by atoms with van der Waals surface area (Å²) < 4.78 is 1.85. The van der Waals surface area contributed by atoms with E-state index in [9.17, 15) is 0 Å². The molecule has 160 valence electrons. The molecule has 0 radical (unpaired) electrons. The number of hydrogen-bond donors (Lipinski definition) is 2. The van der Waals surface area contributed by atoms with E-state index in [2.05, 4.69) is 76.2 Å². The monoisotopic (exact) mass is 510 g/mol. The lowest BCUT2D eigenvalue weighted by molar-refractivity contribution is 0.297. The second-order valence-electron chi connectivity index (χ2n) is 7.98. The molecule has 0 amide bonds. The first-order valence-corrected chi connectivity index (χ1v) is 10.2. The van der Waals surface area contributed by atoms with Gasteiger partial charge in [-0.15, -0.1) is 24.0 Å². The van der Waals surface area contributed by atoms with E-state index in [-0.39, 0.29) is 30.0 Å². The third kappa shape index (κ3) is 6.70. The van der Waals surface area contributed by atoms with Crippen molar-refractivity contribution in [3.05, 3.63) is 53.9 Å². The van der Waals surface area contributed by atoms with Gasteiger partial charge < -0.3 is 15.5 Å². The molecule has 1 fully saturated rings. The average molecular weight is 510 g/mol. The van der Waals surface area contributed by atoms with E-state index in [1.54, 1.807) is 0 Å². The maximum Gasteiger partial charge on any atom is 0.191 e. The van der Waals surface area contributed by atoms with Crippen molar-refractivity contribution in [3.8, 4) is 0 Å². The minimum absolute atomic E-state index is 0. The number of benzene rings is 1. The molecule has 1 unspecified atom stereocenters. The van der Waals surface area contributed by atoms with Crippen LogP contribution in [-0.2, 0) is 7.05 Å². The van der Waals surface area contributed by atoms with Crippen molar-refractivity contribution >= 4 is 29.9 Å². The Labute approximate surface area is 192 Å². The molecule has 7 heteroatoms. The van der Waals surface area contributed by atoms with Gasteiger partial charge in [0.1, 0.15) is 0 Å². The van der Waals surface area contributed by atoms with Crippen molar-refractivity contribution in [1.82, 2.24) is 25.3 Å². The van der Waals surface area contributed by atoms with Crippen LogP contribution in [0, 0.1) is 0 Å². The van der Waals surface area contributed by atoms with Crippen LogP contribution in [0.25, 0.3) is 0 Å². The number of aliphatic imine (C=N–C) groups is 1. The van der Waals surface area contributed by atoms with Crippen molar-refractivity contribution in [2.24, 2.45) is 12.0 Å². The Balaban J connectivity index is 0.00000300. The zero-order valence-corrected chi connectivity index (χ0v) is 20.3. The summed E-state index contributed by atoms with van der Waals surface area (Å²) in [6.45, 7) is 0.789. The van der Waals surface area contributed by atoms with Gasteiger partial charge in [-0.2, -0.15) is 5.10 Å². The van der Waals surface area contributed by atoms with E-state index >= 15 is 0 Å². The number of nitrogens with one attached hydrogen (secondary N) is 2. The van der Waals surface area contributed by atoms with Crippen LogP contribution in [0.3, 0.4) is 0 Å². The summed E-state index contributed by atoms with van der Waals surface area (Å²) in [6.07, 6.45) is 8.84. The Morgan fingerprint density at radius 2 is 1.90 bits per heavy atom. The standard InChI is InChI=1S/C22H34N6.HI/c1-23-22(24-15-21(27(2)3)19-14-25-28(4)16-19)26-20-12-10-18(11-13-20)17-8-6-5-7-9-17;/h5-9,14,16,18,20-21H,10-13,15H2,1-4H3,(H2,23,24,26);1H. The van der Waals surface area contributed by atoms with Gasteiger partial charge >= 0.3 is 0 Å². The van der Waals surface area contributed by atoms with Crippen LogP contribution in [0.2, 0.25) is 0 Å². The molecule has 1 aromatic carbocycles. The SMILES string of the molecule is CN=C(NCC(c1cnn(C)c1)N(C)C)NC1CCC(c2ccccc2)CC1.I. The van der Waals surface area contributed by atoms with Crippen LogP contribution in [0.15, 0.2) is 47.7 Å². The normalized spacial score (nSPS) is 20.8. The highest BCUT2D eigenvalue weighted by atomic mass is 127. The van der Waals surface area contributed by atoms with E-state index in [0.717, 1.165) is 12.5 Å². The Morgan fingerprint density at radius 1 is 1.21 bits per heavy atom. The van der Waals surface area contributed by atoms with Crippen LogP contribution >= 0.6 is 24.0 Å². The van der Waals surface area contributed by atoms with Gasteiger partial charge in [-0.3, -0.25) is 9.67 Å². The predicted octanol–water partition coefficient (Wildman–Crippen LogP) is 3.53. The van der Waals surface area contributed by atoms with Gasteiger partial charge in [-0.1, -0.05) is 30.3 Å². The van der Waals surface area contributed by atoms with Crippen LogP contribution < -0.4 is 10.6 Å². The van der Waals surface area contributed by atoms with Crippen LogP contribution in [0.5, 0.6) is 0 Å². The van der Waals surface area contributed by atoms with Gasteiger partial charge in [0.05, 0.1) is 12.2 Å². The molecule has 6 nitrogen and oxygen atoms in total. The first-order chi connectivity index (χ1) is 13.6. The fourth-order valence-corrected chi connectivity index (χ4v) is 4.09. The van der Waals surface area contributed by atoms with Crippen LogP contribution in [0.1, 0.15) is 48.8 Å². The van der Waals surface area contributed by atoms with Crippen molar-refractivity contribution < 1.29 is 0 Å². The van der Waals surface area contributed by atoms with Gasteiger partial charge in [-0.25, -0.2) is 0 Å². The Kier molecular flexibility index (Phi) is 9.42. The molecule has 3 rings (SSSR count). The Morgan fingerprint density at radius 3 is 2.45 bits per heavy atom. The molecule has 1 saturated carbocycles. The summed E-state index contributed by atoms with van der Waals surface area (Å²) in [7, 11) is 8.00. The van der Waals surface area contributed by atoms with E-state index < -0.39 is 0 Å². The molecule has 1 aliphatic rings. The molecule has 2 aromatic rings. The quantitative estimate of drug-likeness (QED) is 0.355. The zero-order valence-electron chi connectivity index (χ0n) is 18.0. The number of aromatic nitrogens is 2. The molecule has 0 spiro atoms. The fraction of sp³-hybridized carbons (Fsp3) is 0.545. The second-order valence-corrected chi connectivity index (χ2v) is 7.98. The number of halogens is 1. The molecule has 1 atom stereocenters. The summed E-state index contributed by atoms with van der Waals surface area (Å²) in [5.41, 5.74) is 2.69. The predicted molar refractivity (Wildman–Crippen MR) is 131 cm³/mol. The third-order valence-electron chi connectivity index (χ3n) is 5.76. The van der Waals surface area contributed by atoms with Crippen molar-refractivity contribution in [3.63, 3.8) is 0 Å².